The lowest BCUT2D eigenvalue weighted by Crippen LogP contribution is -1.97. The normalized spacial score (nSPS) is 11.3. The van der Waals surface area contributed by atoms with E-state index >= 15 is 0 Å². The Bertz CT molecular complexity index is 2590. The van der Waals surface area contributed by atoms with E-state index in [9.17, 15) is 0 Å². The van der Waals surface area contributed by atoms with Gasteiger partial charge in [-0.15, -0.1) is 0 Å². The van der Waals surface area contributed by atoms with Crippen molar-refractivity contribution in [1.29, 1.82) is 0 Å². The molecule has 0 atom stereocenters. The summed E-state index contributed by atoms with van der Waals surface area (Å²) in [6.07, 6.45) is 3.71. The van der Waals surface area contributed by atoms with Gasteiger partial charge in [-0.25, -0.2) is 19.9 Å². The maximum atomic E-state index is 5.12. The van der Waals surface area contributed by atoms with Crippen molar-refractivity contribution in [3.8, 4) is 45.3 Å². The Morgan fingerprint density at radius 3 is 1.25 bits per heavy atom. The Labute approximate surface area is 301 Å². The van der Waals surface area contributed by atoms with Gasteiger partial charge >= 0.3 is 0 Å². The minimum atomic E-state index is 0.816. The monoisotopic (exact) mass is 670 g/mol. The number of hydrogen-bond acceptors (Lipinski definition) is 4. The Kier molecular flexibility index (Phi) is 7.82. The van der Waals surface area contributed by atoms with Crippen LogP contribution in [0, 0.1) is 0 Å². The third-order valence-corrected chi connectivity index (χ3v) is 9.43. The average Bonchev–Trinajstić information content (AvgIpc) is 3.75. The Balaban J connectivity index is 0.00000177. The van der Waals surface area contributed by atoms with Gasteiger partial charge in [-0.2, -0.15) is 0 Å². The van der Waals surface area contributed by atoms with Gasteiger partial charge in [0.05, 0.1) is 33.8 Å². The highest BCUT2D eigenvalue weighted by atomic mass is 15.1. The lowest BCUT2D eigenvalue weighted by molar-refractivity contribution is 1.13. The fourth-order valence-electron chi connectivity index (χ4n) is 7.20. The van der Waals surface area contributed by atoms with Crippen LogP contribution in [0.15, 0.2) is 170 Å². The predicted octanol–water partition coefficient (Wildman–Crippen LogP) is 11.5. The van der Waals surface area contributed by atoms with Crippen LogP contribution in [0.5, 0.6) is 0 Å². The van der Waals surface area contributed by atoms with Crippen molar-refractivity contribution in [2.45, 2.75) is 13.8 Å². The second kappa shape index (κ2) is 13.1. The molecule has 0 aliphatic heterocycles. The number of fused-ring (bicyclic) bond motifs is 6. The van der Waals surface area contributed by atoms with E-state index in [0.717, 1.165) is 78.4 Å². The van der Waals surface area contributed by atoms with E-state index in [1.54, 1.807) is 0 Å². The van der Waals surface area contributed by atoms with Crippen molar-refractivity contribution in [3.63, 3.8) is 0 Å². The van der Waals surface area contributed by atoms with Crippen molar-refractivity contribution in [3.05, 3.63) is 170 Å². The van der Waals surface area contributed by atoms with E-state index in [0.29, 0.717) is 0 Å². The van der Waals surface area contributed by atoms with Crippen LogP contribution in [0.2, 0.25) is 0 Å². The molecule has 0 fully saturated rings. The van der Waals surface area contributed by atoms with E-state index in [1.165, 1.54) is 10.8 Å². The van der Waals surface area contributed by atoms with Gasteiger partial charge in [0.1, 0.15) is 11.3 Å². The van der Waals surface area contributed by atoms with Gasteiger partial charge in [0.25, 0.3) is 0 Å². The summed E-state index contributed by atoms with van der Waals surface area (Å²) in [6.45, 7) is 4.00. The largest absolute Gasteiger partial charge is 0.294 e. The standard InChI is InChI=1S/C44H28N6.C2H6/c1-3-23-41-33(15-1)35-17-9-25-45-43(35)49(41)31-13-5-11-29(27-31)37-19-7-21-39(47-37)40-22-8-20-38(48-40)30-12-6-14-32(28-30)50-42-24-4-2-16-34(42)36-18-10-26-46-44(36)50;1-2/h1-28H;1-2H3. The Morgan fingerprint density at radius 2 is 0.769 bits per heavy atom. The topological polar surface area (TPSA) is 61.4 Å². The predicted molar refractivity (Wildman–Crippen MR) is 214 cm³/mol. The van der Waals surface area contributed by atoms with Crippen molar-refractivity contribution in [1.82, 2.24) is 29.1 Å². The summed E-state index contributed by atoms with van der Waals surface area (Å²) >= 11 is 0. The average molecular weight is 671 g/mol. The summed E-state index contributed by atoms with van der Waals surface area (Å²) in [5.41, 5.74) is 11.6. The van der Waals surface area contributed by atoms with Crippen molar-refractivity contribution in [2.24, 2.45) is 0 Å². The van der Waals surface area contributed by atoms with Crippen LogP contribution in [0.4, 0.5) is 0 Å². The molecule has 0 amide bonds. The third kappa shape index (κ3) is 5.20. The molecule has 0 N–H and O–H groups in total. The summed E-state index contributed by atoms with van der Waals surface area (Å²) in [5, 5.41) is 4.64. The second-order valence-corrected chi connectivity index (χ2v) is 12.4. The van der Waals surface area contributed by atoms with Gasteiger partial charge in [0.15, 0.2) is 0 Å². The van der Waals surface area contributed by atoms with Crippen LogP contribution in [0.25, 0.3) is 89.2 Å². The maximum absolute atomic E-state index is 5.12. The van der Waals surface area contributed by atoms with E-state index < -0.39 is 0 Å². The molecular weight excluding hydrogens is 637 g/mol. The molecule has 10 aromatic rings. The van der Waals surface area contributed by atoms with Crippen LogP contribution in [0.1, 0.15) is 13.8 Å². The van der Waals surface area contributed by atoms with E-state index in [2.05, 4.69) is 143 Å². The molecule has 52 heavy (non-hydrogen) atoms. The SMILES string of the molecule is CC.c1cc(-c2cccc(-c3cccc(-c4cccc(-n5c6ccccc6c6cccnc65)c4)n3)n2)cc(-n2c3ccccc3c3cccnc32)c1. The van der Waals surface area contributed by atoms with Gasteiger partial charge < -0.3 is 0 Å². The first-order chi connectivity index (χ1) is 25.8. The number of benzene rings is 4. The van der Waals surface area contributed by atoms with Crippen molar-refractivity contribution < 1.29 is 0 Å². The number of para-hydroxylation sites is 2. The first kappa shape index (κ1) is 31.1. The first-order valence-electron chi connectivity index (χ1n) is 17.6. The molecule has 0 spiro atoms. The molecular formula is C46H34N6. The molecule has 0 unspecified atom stereocenters. The zero-order chi connectivity index (χ0) is 35.0. The van der Waals surface area contributed by atoms with E-state index in [-0.39, 0.29) is 0 Å². The minimum absolute atomic E-state index is 0.816. The summed E-state index contributed by atoms with van der Waals surface area (Å²) in [5.74, 6) is 0. The summed E-state index contributed by atoms with van der Waals surface area (Å²) < 4.78 is 4.46. The zero-order valence-corrected chi connectivity index (χ0v) is 28.8. The molecule has 6 aromatic heterocycles. The Morgan fingerprint density at radius 1 is 0.365 bits per heavy atom. The quantitative estimate of drug-likeness (QED) is 0.183. The number of aromatic nitrogens is 6. The molecule has 0 aliphatic rings. The minimum Gasteiger partial charge on any atom is -0.294 e. The van der Waals surface area contributed by atoms with Gasteiger partial charge in [-0.05, 0) is 84.9 Å². The highest BCUT2D eigenvalue weighted by Crippen LogP contribution is 2.34. The first-order valence-corrected chi connectivity index (χ1v) is 17.6. The van der Waals surface area contributed by atoms with Crippen LogP contribution in [-0.4, -0.2) is 29.1 Å². The van der Waals surface area contributed by atoms with Crippen LogP contribution in [-0.2, 0) is 0 Å². The summed E-state index contributed by atoms with van der Waals surface area (Å²) in [7, 11) is 0. The second-order valence-electron chi connectivity index (χ2n) is 12.4. The molecule has 6 heterocycles. The molecule has 4 aromatic carbocycles. The molecule has 248 valence electrons. The van der Waals surface area contributed by atoms with Crippen LogP contribution >= 0.6 is 0 Å². The number of rotatable bonds is 5. The van der Waals surface area contributed by atoms with E-state index in [4.69, 9.17) is 19.9 Å². The molecule has 10 rings (SSSR count). The third-order valence-electron chi connectivity index (χ3n) is 9.43. The molecule has 6 nitrogen and oxygen atoms in total. The van der Waals surface area contributed by atoms with Crippen LogP contribution in [0.3, 0.4) is 0 Å². The highest BCUT2D eigenvalue weighted by molar-refractivity contribution is 6.08. The number of nitrogens with zero attached hydrogens (tertiary/aromatic N) is 6. The van der Waals surface area contributed by atoms with Gasteiger partial charge in [0, 0.05) is 56.4 Å². The van der Waals surface area contributed by atoms with Gasteiger partial charge in [0.2, 0.25) is 0 Å². The Hall–Kier alpha value is -6.92. The summed E-state index contributed by atoms with van der Waals surface area (Å²) in [6, 6.07) is 54.4. The molecule has 6 heteroatoms. The molecule has 0 bridgehead atoms. The van der Waals surface area contributed by atoms with Crippen molar-refractivity contribution >= 4 is 43.9 Å². The fourth-order valence-corrected chi connectivity index (χ4v) is 7.20. The number of hydrogen-bond donors (Lipinski definition) is 0. The van der Waals surface area contributed by atoms with Crippen molar-refractivity contribution in [2.75, 3.05) is 0 Å². The van der Waals surface area contributed by atoms with E-state index in [1.807, 2.05) is 50.5 Å². The molecule has 0 saturated heterocycles. The molecule has 0 radical (unpaired) electrons. The van der Waals surface area contributed by atoms with Crippen LogP contribution < -0.4 is 0 Å². The van der Waals surface area contributed by atoms with Gasteiger partial charge in [-0.1, -0.05) is 86.6 Å². The summed E-state index contributed by atoms with van der Waals surface area (Å²) in [4.78, 5) is 19.8. The molecule has 0 aliphatic carbocycles. The lowest BCUT2D eigenvalue weighted by Gasteiger charge is -2.11. The fraction of sp³-hybridized carbons (Fsp3) is 0.0435. The zero-order valence-electron chi connectivity index (χ0n) is 28.8. The smallest absolute Gasteiger partial charge is 0.145 e. The number of pyridine rings is 4. The van der Waals surface area contributed by atoms with Gasteiger partial charge in [-0.3, -0.25) is 9.13 Å². The molecule has 0 saturated carbocycles. The lowest BCUT2D eigenvalue weighted by atomic mass is 10.1. The highest BCUT2D eigenvalue weighted by Gasteiger charge is 2.16. The maximum Gasteiger partial charge on any atom is 0.145 e.